The van der Waals surface area contributed by atoms with Crippen molar-refractivity contribution in [2.45, 2.75) is 33.6 Å². The van der Waals surface area contributed by atoms with Gasteiger partial charge in [0.1, 0.15) is 16.5 Å². The molecule has 164 valence electrons. The van der Waals surface area contributed by atoms with Gasteiger partial charge < -0.3 is 14.8 Å². The second kappa shape index (κ2) is 10.3. The normalized spacial score (nSPS) is 10.7. The maximum absolute atomic E-state index is 13.2. The van der Waals surface area contributed by atoms with Gasteiger partial charge in [0.2, 0.25) is 0 Å². The van der Waals surface area contributed by atoms with Crippen molar-refractivity contribution in [2.24, 2.45) is 0 Å². The van der Waals surface area contributed by atoms with Crippen LogP contribution in [0.4, 0.5) is 10.1 Å². The number of halogens is 2. The summed E-state index contributed by atoms with van der Waals surface area (Å²) in [5, 5.41) is 7.32. The molecule has 3 rings (SSSR count). The molecule has 6 nitrogen and oxygen atoms in total. The fourth-order valence-corrected chi connectivity index (χ4v) is 3.30. The van der Waals surface area contributed by atoms with Crippen LogP contribution in [-0.2, 0) is 0 Å². The first-order valence-electron chi connectivity index (χ1n) is 10.2. The minimum atomic E-state index is -0.403. The summed E-state index contributed by atoms with van der Waals surface area (Å²) in [6.07, 6.45) is 1.72. The van der Waals surface area contributed by atoms with E-state index in [1.165, 1.54) is 16.8 Å². The van der Waals surface area contributed by atoms with Gasteiger partial charge in [-0.1, -0.05) is 25.4 Å². The Labute approximate surface area is 185 Å². The summed E-state index contributed by atoms with van der Waals surface area (Å²) in [4.78, 5) is 13.0. The summed E-state index contributed by atoms with van der Waals surface area (Å²) in [7, 11) is 0. The van der Waals surface area contributed by atoms with E-state index in [9.17, 15) is 9.18 Å². The third-order valence-electron chi connectivity index (χ3n) is 4.43. The van der Waals surface area contributed by atoms with Crippen LogP contribution in [0.25, 0.3) is 5.69 Å². The summed E-state index contributed by atoms with van der Waals surface area (Å²) < 4.78 is 26.1. The Balaban J connectivity index is 1.85. The number of nitrogens with zero attached hydrogens (tertiary/aromatic N) is 2. The lowest BCUT2D eigenvalue weighted by molar-refractivity contribution is 0.102. The molecule has 0 spiro atoms. The Morgan fingerprint density at radius 2 is 1.71 bits per heavy atom. The van der Waals surface area contributed by atoms with Gasteiger partial charge in [-0.05, 0) is 56.2 Å². The van der Waals surface area contributed by atoms with Crippen molar-refractivity contribution in [1.82, 2.24) is 9.78 Å². The van der Waals surface area contributed by atoms with Crippen molar-refractivity contribution in [3.05, 3.63) is 64.7 Å². The second-order valence-corrected chi connectivity index (χ2v) is 7.31. The quantitative estimate of drug-likeness (QED) is 0.451. The van der Waals surface area contributed by atoms with Crippen molar-refractivity contribution in [3.63, 3.8) is 0 Å². The monoisotopic (exact) mass is 445 g/mol. The molecule has 1 heterocycles. The van der Waals surface area contributed by atoms with Crippen molar-refractivity contribution >= 4 is 23.2 Å². The highest BCUT2D eigenvalue weighted by Crippen LogP contribution is 2.32. The van der Waals surface area contributed by atoms with Gasteiger partial charge in [-0.15, -0.1) is 0 Å². The van der Waals surface area contributed by atoms with Crippen LogP contribution in [0, 0.1) is 12.7 Å². The van der Waals surface area contributed by atoms with Crippen LogP contribution in [-0.4, -0.2) is 28.9 Å². The number of rotatable bonds is 9. The lowest BCUT2D eigenvalue weighted by Gasteiger charge is -2.14. The van der Waals surface area contributed by atoms with E-state index in [4.69, 9.17) is 21.1 Å². The third kappa shape index (κ3) is 5.35. The highest BCUT2D eigenvalue weighted by atomic mass is 35.5. The molecule has 0 saturated carbocycles. The lowest BCUT2D eigenvalue weighted by Crippen LogP contribution is -2.13. The molecule has 0 radical (unpaired) electrons. The van der Waals surface area contributed by atoms with Crippen molar-refractivity contribution < 1.29 is 18.7 Å². The number of benzene rings is 2. The average Bonchev–Trinajstić information content (AvgIpc) is 3.06. The lowest BCUT2D eigenvalue weighted by atomic mass is 10.2. The molecule has 0 bridgehead atoms. The van der Waals surface area contributed by atoms with E-state index >= 15 is 0 Å². The zero-order chi connectivity index (χ0) is 22.4. The molecule has 0 fully saturated rings. The summed E-state index contributed by atoms with van der Waals surface area (Å²) in [6.45, 7) is 6.85. The largest absolute Gasteiger partial charge is 0.490 e. The van der Waals surface area contributed by atoms with Crippen molar-refractivity contribution in [3.8, 4) is 17.2 Å². The molecule has 0 aliphatic carbocycles. The summed E-state index contributed by atoms with van der Waals surface area (Å²) >= 11 is 6.45. The van der Waals surface area contributed by atoms with Crippen LogP contribution in [0.5, 0.6) is 11.5 Å². The van der Waals surface area contributed by atoms with Crippen LogP contribution in [0.2, 0.25) is 5.15 Å². The third-order valence-corrected chi connectivity index (χ3v) is 4.78. The number of carbonyl (C=O) groups excluding carboxylic acids is 1. The van der Waals surface area contributed by atoms with E-state index in [0.717, 1.165) is 12.8 Å². The van der Waals surface area contributed by atoms with Gasteiger partial charge in [0.15, 0.2) is 11.5 Å². The Morgan fingerprint density at radius 3 is 2.35 bits per heavy atom. The van der Waals surface area contributed by atoms with Gasteiger partial charge in [-0.2, -0.15) is 5.10 Å². The van der Waals surface area contributed by atoms with Gasteiger partial charge in [-0.3, -0.25) is 4.79 Å². The predicted molar refractivity (Wildman–Crippen MR) is 119 cm³/mol. The van der Waals surface area contributed by atoms with E-state index in [1.54, 1.807) is 37.3 Å². The van der Waals surface area contributed by atoms with Gasteiger partial charge >= 0.3 is 0 Å². The van der Waals surface area contributed by atoms with Crippen LogP contribution < -0.4 is 14.8 Å². The Kier molecular flexibility index (Phi) is 7.52. The second-order valence-electron chi connectivity index (χ2n) is 6.95. The van der Waals surface area contributed by atoms with Crippen LogP contribution >= 0.6 is 11.6 Å². The van der Waals surface area contributed by atoms with Crippen LogP contribution in [0.15, 0.2) is 42.5 Å². The molecule has 31 heavy (non-hydrogen) atoms. The summed E-state index contributed by atoms with van der Waals surface area (Å²) in [6, 6.07) is 10.9. The van der Waals surface area contributed by atoms with Crippen molar-refractivity contribution in [1.29, 1.82) is 0 Å². The number of hydrogen-bond donors (Lipinski definition) is 1. The predicted octanol–water partition coefficient (Wildman–Crippen LogP) is 5.80. The number of ether oxygens (including phenoxy) is 2. The maximum atomic E-state index is 13.2. The summed E-state index contributed by atoms with van der Waals surface area (Å²) in [5.74, 6) is 0.429. The number of anilines is 1. The van der Waals surface area contributed by atoms with E-state index < -0.39 is 5.91 Å². The van der Waals surface area contributed by atoms with Crippen LogP contribution in [0.1, 0.15) is 42.7 Å². The molecule has 0 aliphatic heterocycles. The Bertz CT molecular complexity index is 1050. The first-order chi connectivity index (χ1) is 14.9. The number of amides is 1. The van der Waals surface area contributed by atoms with Gasteiger partial charge in [0, 0.05) is 11.8 Å². The van der Waals surface area contributed by atoms with Crippen LogP contribution in [0.3, 0.4) is 0 Å². The highest BCUT2D eigenvalue weighted by molar-refractivity contribution is 6.34. The molecule has 1 aromatic heterocycles. The molecular formula is C23H25ClFN3O3. The van der Waals surface area contributed by atoms with E-state index in [1.807, 2.05) is 13.8 Å². The van der Waals surface area contributed by atoms with E-state index in [-0.39, 0.29) is 16.5 Å². The molecule has 0 aliphatic rings. The first kappa shape index (κ1) is 22.6. The fourth-order valence-electron chi connectivity index (χ4n) is 2.95. The smallest absolute Gasteiger partial charge is 0.260 e. The topological polar surface area (TPSA) is 65.4 Å². The number of aryl methyl sites for hydroxylation is 1. The van der Waals surface area contributed by atoms with Crippen molar-refractivity contribution in [2.75, 3.05) is 18.5 Å². The minimum absolute atomic E-state index is 0.145. The fraction of sp³-hybridized carbons (Fsp3) is 0.304. The zero-order valence-corrected chi connectivity index (χ0v) is 18.5. The zero-order valence-electron chi connectivity index (χ0n) is 17.7. The van der Waals surface area contributed by atoms with Gasteiger partial charge in [0.05, 0.1) is 24.6 Å². The Hall–Kier alpha value is -3.06. The molecular weight excluding hydrogens is 421 g/mol. The number of nitrogens with one attached hydrogen (secondary N) is 1. The molecule has 0 atom stereocenters. The molecule has 0 saturated heterocycles. The molecule has 8 heteroatoms. The molecule has 2 aromatic carbocycles. The average molecular weight is 446 g/mol. The number of aromatic nitrogens is 2. The molecule has 0 unspecified atom stereocenters. The molecule has 3 aromatic rings. The standard InChI is InChI=1S/C23H25ClFN3O3/c1-4-12-30-19-11-8-17(14-20(19)31-13-5-2)26-23(29)21-15(3)27-28(22(21)24)18-9-6-16(25)7-10-18/h6-11,14H,4-5,12-13H2,1-3H3,(H,26,29). The van der Waals surface area contributed by atoms with Gasteiger partial charge in [-0.25, -0.2) is 9.07 Å². The number of hydrogen-bond acceptors (Lipinski definition) is 4. The molecule has 1 amide bonds. The van der Waals surface area contributed by atoms with Gasteiger partial charge in [0.25, 0.3) is 5.91 Å². The van der Waals surface area contributed by atoms with E-state index in [0.29, 0.717) is 41.8 Å². The first-order valence-corrected chi connectivity index (χ1v) is 10.5. The SMILES string of the molecule is CCCOc1ccc(NC(=O)c2c(C)nn(-c3ccc(F)cc3)c2Cl)cc1OCCC. The maximum Gasteiger partial charge on any atom is 0.260 e. The molecule has 1 N–H and O–H groups in total. The minimum Gasteiger partial charge on any atom is -0.490 e. The Morgan fingerprint density at radius 1 is 1.06 bits per heavy atom. The van der Waals surface area contributed by atoms with E-state index in [2.05, 4.69) is 10.4 Å². The summed E-state index contributed by atoms with van der Waals surface area (Å²) in [5.41, 5.74) is 1.80. The highest BCUT2D eigenvalue weighted by Gasteiger charge is 2.22. The number of carbonyl (C=O) groups is 1.